The maximum atomic E-state index is 14.7. The third-order valence-electron chi connectivity index (χ3n) is 5.83. The number of carbonyl (C=O) groups is 1. The number of ether oxygens (including phenoxy) is 1. The second-order valence-electron chi connectivity index (χ2n) is 8.68. The second kappa shape index (κ2) is 9.31. The van der Waals surface area contributed by atoms with Gasteiger partial charge >= 0.3 is 0 Å². The highest BCUT2D eigenvalue weighted by molar-refractivity contribution is 6.06. The number of hydrogen-bond donors (Lipinski definition) is 1. The van der Waals surface area contributed by atoms with Gasteiger partial charge in [0.15, 0.2) is 0 Å². The lowest BCUT2D eigenvalue weighted by Crippen LogP contribution is -2.33. The third kappa shape index (κ3) is 4.75. The molecule has 1 saturated heterocycles. The van der Waals surface area contributed by atoms with Crippen LogP contribution in [0.2, 0.25) is 0 Å². The third-order valence-corrected chi connectivity index (χ3v) is 5.83. The van der Waals surface area contributed by atoms with Gasteiger partial charge in [0, 0.05) is 42.2 Å². The molecule has 0 saturated carbocycles. The molecule has 1 atom stereocenters. The van der Waals surface area contributed by atoms with Crippen LogP contribution in [-0.4, -0.2) is 27.5 Å². The second-order valence-corrected chi connectivity index (χ2v) is 8.68. The lowest BCUT2D eigenvalue weighted by atomic mass is 9.88. The van der Waals surface area contributed by atoms with E-state index in [0.29, 0.717) is 30.1 Å². The summed E-state index contributed by atoms with van der Waals surface area (Å²) < 4.78 is 34.8. The molecule has 1 aliphatic rings. The summed E-state index contributed by atoms with van der Waals surface area (Å²) in [5, 5.41) is 2.86. The van der Waals surface area contributed by atoms with Crippen LogP contribution < -0.4 is 5.32 Å². The van der Waals surface area contributed by atoms with E-state index >= 15 is 0 Å². The zero-order valence-electron chi connectivity index (χ0n) is 18.9. The maximum absolute atomic E-state index is 14.7. The molecular formula is C25H26F2N4O2. The molecular weight excluding hydrogens is 426 g/mol. The van der Waals surface area contributed by atoms with Crippen molar-refractivity contribution in [3.63, 3.8) is 0 Å². The molecule has 0 bridgehead atoms. The Kier molecular flexibility index (Phi) is 6.47. The highest BCUT2D eigenvalue weighted by Crippen LogP contribution is 2.42. The van der Waals surface area contributed by atoms with Gasteiger partial charge < -0.3 is 10.1 Å². The molecule has 4 rings (SSSR count). The maximum Gasteiger partial charge on any atom is 0.258 e. The van der Waals surface area contributed by atoms with Gasteiger partial charge in [0.05, 0.1) is 16.9 Å². The van der Waals surface area contributed by atoms with Crippen LogP contribution in [0.3, 0.4) is 0 Å². The van der Waals surface area contributed by atoms with Gasteiger partial charge in [0.1, 0.15) is 23.1 Å². The van der Waals surface area contributed by atoms with E-state index in [4.69, 9.17) is 4.74 Å². The van der Waals surface area contributed by atoms with Gasteiger partial charge in [-0.1, -0.05) is 13.8 Å². The van der Waals surface area contributed by atoms with Crippen LogP contribution in [0.15, 0.2) is 42.9 Å². The first kappa shape index (κ1) is 22.9. The topological polar surface area (TPSA) is 77.0 Å². The molecule has 172 valence electrons. The quantitative estimate of drug-likeness (QED) is 0.545. The van der Waals surface area contributed by atoms with Crippen LogP contribution >= 0.6 is 0 Å². The Morgan fingerprint density at radius 1 is 1.09 bits per heavy atom. The SMILES string of the molecule is CC(C)c1ncc(C(=O)Nc2c(-c3cc(F)ccc3F)ccnc2C2(C)CCCCO2)cn1. The van der Waals surface area contributed by atoms with E-state index in [1.807, 2.05) is 20.8 Å². The smallest absolute Gasteiger partial charge is 0.258 e. The molecule has 0 aliphatic carbocycles. The normalized spacial score (nSPS) is 18.4. The van der Waals surface area contributed by atoms with E-state index in [2.05, 4.69) is 20.3 Å². The van der Waals surface area contributed by atoms with E-state index < -0.39 is 23.1 Å². The Bertz CT molecular complexity index is 1160. The Labute approximate surface area is 191 Å². The number of amides is 1. The summed E-state index contributed by atoms with van der Waals surface area (Å²) in [6.07, 6.45) is 6.96. The summed E-state index contributed by atoms with van der Waals surface area (Å²) in [5.74, 6) is -0.919. The van der Waals surface area contributed by atoms with Crippen molar-refractivity contribution >= 4 is 11.6 Å². The summed E-state index contributed by atoms with van der Waals surface area (Å²) >= 11 is 0. The lowest BCUT2D eigenvalue weighted by Gasteiger charge is -2.35. The van der Waals surface area contributed by atoms with E-state index in [-0.39, 0.29) is 22.7 Å². The fourth-order valence-electron chi connectivity index (χ4n) is 3.98. The van der Waals surface area contributed by atoms with Crippen LogP contribution in [0.1, 0.15) is 67.8 Å². The van der Waals surface area contributed by atoms with Crippen LogP contribution in [0.5, 0.6) is 0 Å². The first-order chi connectivity index (χ1) is 15.8. The van der Waals surface area contributed by atoms with Crippen molar-refractivity contribution in [2.75, 3.05) is 11.9 Å². The van der Waals surface area contributed by atoms with Crippen LogP contribution in [-0.2, 0) is 10.3 Å². The molecule has 1 aromatic carbocycles. The predicted molar refractivity (Wildman–Crippen MR) is 121 cm³/mol. The van der Waals surface area contributed by atoms with Crippen LogP contribution in [0.4, 0.5) is 14.5 Å². The molecule has 0 radical (unpaired) electrons. The molecule has 1 aliphatic heterocycles. The zero-order chi connectivity index (χ0) is 23.6. The molecule has 6 nitrogen and oxygen atoms in total. The predicted octanol–water partition coefficient (Wildman–Crippen LogP) is 5.61. The highest BCUT2D eigenvalue weighted by atomic mass is 19.1. The molecule has 0 spiro atoms. The largest absolute Gasteiger partial charge is 0.369 e. The molecule has 8 heteroatoms. The Balaban J connectivity index is 1.81. The van der Waals surface area contributed by atoms with Crippen molar-refractivity contribution in [2.45, 2.75) is 51.6 Å². The number of nitrogens with one attached hydrogen (secondary N) is 1. The number of aromatic nitrogens is 3. The number of anilines is 1. The monoisotopic (exact) mass is 452 g/mol. The summed E-state index contributed by atoms with van der Waals surface area (Å²) in [4.78, 5) is 26.2. The molecule has 1 N–H and O–H groups in total. The van der Waals surface area contributed by atoms with E-state index in [0.717, 1.165) is 31.0 Å². The van der Waals surface area contributed by atoms with Gasteiger partial charge in [0.25, 0.3) is 5.91 Å². The number of halogens is 2. The van der Waals surface area contributed by atoms with Crippen molar-refractivity contribution in [1.82, 2.24) is 15.0 Å². The fourth-order valence-corrected chi connectivity index (χ4v) is 3.98. The summed E-state index contributed by atoms with van der Waals surface area (Å²) in [6.45, 7) is 6.37. The van der Waals surface area contributed by atoms with Gasteiger partial charge in [-0.2, -0.15) is 0 Å². The summed E-state index contributed by atoms with van der Waals surface area (Å²) in [7, 11) is 0. The van der Waals surface area contributed by atoms with Gasteiger partial charge in [-0.25, -0.2) is 18.7 Å². The summed E-state index contributed by atoms with van der Waals surface area (Å²) in [6, 6.07) is 4.78. The van der Waals surface area contributed by atoms with Crippen molar-refractivity contribution in [1.29, 1.82) is 0 Å². The summed E-state index contributed by atoms with van der Waals surface area (Å²) in [5.41, 5.74) is 0.564. The van der Waals surface area contributed by atoms with Gasteiger partial charge in [0.2, 0.25) is 0 Å². The molecule has 2 aromatic heterocycles. The van der Waals surface area contributed by atoms with E-state index in [9.17, 15) is 13.6 Å². The number of pyridine rings is 1. The van der Waals surface area contributed by atoms with Gasteiger partial charge in [-0.3, -0.25) is 9.78 Å². The Morgan fingerprint density at radius 2 is 1.85 bits per heavy atom. The number of hydrogen-bond acceptors (Lipinski definition) is 5. The van der Waals surface area contributed by atoms with E-state index in [1.165, 1.54) is 18.6 Å². The lowest BCUT2D eigenvalue weighted by molar-refractivity contribution is -0.0724. The molecule has 1 fully saturated rings. The molecule has 33 heavy (non-hydrogen) atoms. The van der Waals surface area contributed by atoms with Crippen molar-refractivity contribution in [3.8, 4) is 11.1 Å². The van der Waals surface area contributed by atoms with Gasteiger partial charge in [-0.05, 0) is 50.5 Å². The molecule has 1 amide bonds. The van der Waals surface area contributed by atoms with E-state index in [1.54, 1.807) is 6.07 Å². The first-order valence-corrected chi connectivity index (χ1v) is 11.0. The highest BCUT2D eigenvalue weighted by Gasteiger charge is 2.35. The average Bonchev–Trinajstić information content (AvgIpc) is 2.81. The minimum absolute atomic E-state index is 0.0276. The number of benzene rings is 1. The number of carbonyl (C=O) groups excluding carboxylic acids is 1. The molecule has 1 unspecified atom stereocenters. The minimum Gasteiger partial charge on any atom is -0.369 e. The van der Waals surface area contributed by atoms with Crippen molar-refractivity contribution in [3.05, 3.63) is 71.6 Å². The standard InChI is InChI=1S/C25H26F2N4O2/c1-15(2)23-29-13-16(14-30-23)24(32)31-21-18(19-12-17(26)6-7-20(19)27)8-10-28-22(21)25(3)9-4-5-11-33-25/h6-8,10,12-15H,4-5,9,11H2,1-3H3,(H,31,32). The zero-order valence-corrected chi connectivity index (χ0v) is 18.9. The van der Waals surface area contributed by atoms with Gasteiger partial charge in [-0.15, -0.1) is 0 Å². The number of nitrogens with zero attached hydrogens (tertiary/aromatic N) is 3. The Morgan fingerprint density at radius 3 is 2.52 bits per heavy atom. The van der Waals surface area contributed by atoms with Crippen LogP contribution in [0, 0.1) is 11.6 Å². The average molecular weight is 453 g/mol. The molecule has 3 aromatic rings. The number of rotatable bonds is 5. The van der Waals surface area contributed by atoms with Crippen molar-refractivity contribution < 1.29 is 18.3 Å². The fraction of sp³-hybridized carbons (Fsp3) is 0.360. The Hall–Kier alpha value is -3.26. The first-order valence-electron chi connectivity index (χ1n) is 11.0. The minimum atomic E-state index is -0.779. The van der Waals surface area contributed by atoms with Crippen molar-refractivity contribution in [2.24, 2.45) is 0 Å². The molecule has 3 heterocycles. The van der Waals surface area contributed by atoms with Crippen LogP contribution in [0.25, 0.3) is 11.1 Å².